The van der Waals surface area contributed by atoms with Crippen molar-refractivity contribution in [2.75, 3.05) is 4.61 Å². The summed E-state index contributed by atoms with van der Waals surface area (Å²) in [6.45, 7) is 0. The van der Waals surface area contributed by atoms with Crippen molar-refractivity contribution < 1.29 is 17.9 Å². The SMILES string of the molecule is O=S1(=O)C2CC3OC2C(C3OCI)N1C1CCCCC1. The van der Waals surface area contributed by atoms with Crippen molar-refractivity contribution in [2.24, 2.45) is 0 Å². The maximum Gasteiger partial charge on any atom is 0.220 e. The van der Waals surface area contributed by atoms with Crippen molar-refractivity contribution in [2.45, 2.75) is 74.2 Å². The number of ether oxygens (including phenoxy) is 2. The smallest absolute Gasteiger partial charge is 0.220 e. The number of hydrogen-bond donors (Lipinski definition) is 0. The van der Waals surface area contributed by atoms with Gasteiger partial charge in [-0.1, -0.05) is 41.9 Å². The Morgan fingerprint density at radius 1 is 1.25 bits per heavy atom. The molecule has 0 N–H and O–H groups in total. The van der Waals surface area contributed by atoms with Crippen molar-refractivity contribution >= 4 is 32.6 Å². The number of halogens is 1. The molecule has 7 heteroatoms. The molecule has 3 saturated heterocycles. The van der Waals surface area contributed by atoms with E-state index in [2.05, 4.69) is 22.6 Å². The highest BCUT2D eigenvalue weighted by Gasteiger charge is 2.69. The molecule has 1 saturated carbocycles. The number of fused-ring (bicyclic) bond motifs is 1. The van der Waals surface area contributed by atoms with Crippen molar-refractivity contribution in [3.05, 3.63) is 0 Å². The van der Waals surface area contributed by atoms with E-state index >= 15 is 0 Å². The second-order valence-electron chi connectivity index (χ2n) is 6.31. The molecule has 0 amide bonds. The lowest BCUT2D eigenvalue weighted by Crippen LogP contribution is -2.50. The van der Waals surface area contributed by atoms with Gasteiger partial charge in [-0.15, -0.1) is 0 Å². The third kappa shape index (κ3) is 1.85. The summed E-state index contributed by atoms with van der Waals surface area (Å²) in [5.41, 5.74) is 0. The molecule has 1 aliphatic carbocycles. The summed E-state index contributed by atoms with van der Waals surface area (Å²) in [5.74, 6) is 0. The molecule has 3 heterocycles. The van der Waals surface area contributed by atoms with E-state index in [0.717, 1.165) is 25.7 Å². The molecule has 4 aliphatic rings. The number of nitrogens with zero attached hydrogens (tertiary/aromatic N) is 1. The van der Waals surface area contributed by atoms with E-state index in [0.29, 0.717) is 11.0 Å². The zero-order valence-corrected chi connectivity index (χ0v) is 14.3. The number of alkyl halides is 1. The van der Waals surface area contributed by atoms with Crippen LogP contribution in [0.15, 0.2) is 0 Å². The maximum absolute atomic E-state index is 12.8. The molecule has 20 heavy (non-hydrogen) atoms. The van der Waals surface area contributed by atoms with Crippen LogP contribution in [0.4, 0.5) is 0 Å². The molecule has 0 aromatic heterocycles. The molecule has 5 nitrogen and oxygen atoms in total. The van der Waals surface area contributed by atoms with Gasteiger partial charge < -0.3 is 9.47 Å². The highest BCUT2D eigenvalue weighted by molar-refractivity contribution is 14.1. The Kier molecular flexibility index (Phi) is 3.57. The number of sulfonamides is 1. The Hall–Kier alpha value is 0.560. The van der Waals surface area contributed by atoms with E-state index in [4.69, 9.17) is 9.47 Å². The van der Waals surface area contributed by atoms with Crippen LogP contribution in [0.25, 0.3) is 0 Å². The van der Waals surface area contributed by atoms with Gasteiger partial charge in [0.05, 0.1) is 22.9 Å². The average Bonchev–Trinajstić information content (AvgIpc) is 3.04. The summed E-state index contributed by atoms with van der Waals surface area (Å²) in [5, 5.41) is -0.312. The fourth-order valence-electron chi connectivity index (χ4n) is 4.60. The van der Waals surface area contributed by atoms with Crippen molar-refractivity contribution in [3.63, 3.8) is 0 Å². The summed E-state index contributed by atoms with van der Waals surface area (Å²) in [4.78, 5) is 0. The third-order valence-electron chi connectivity index (χ3n) is 5.36. The number of hydrogen-bond acceptors (Lipinski definition) is 4. The Bertz CT molecular complexity index is 493. The van der Waals surface area contributed by atoms with E-state index in [-0.39, 0.29) is 35.6 Å². The third-order valence-corrected chi connectivity index (χ3v) is 8.08. The fourth-order valence-corrected chi connectivity index (χ4v) is 7.53. The molecule has 0 radical (unpaired) electrons. The van der Waals surface area contributed by atoms with Crippen molar-refractivity contribution in [1.29, 1.82) is 0 Å². The van der Waals surface area contributed by atoms with Gasteiger partial charge in [-0.2, -0.15) is 4.31 Å². The molecule has 0 aromatic rings. The molecule has 114 valence electrons. The molecule has 5 unspecified atom stereocenters. The maximum atomic E-state index is 12.8. The Balaban J connectivity index is 1.69. The average molecular weight is 413 g/mol. The monoisotopic (exact) mass is 413 g/mol. The van der Waals surface area contributed by atoms with Gasteiger partial charge in [0, 0.05) is 6.04 Å². The van der Waals surface area contributed by atoms with Crippen LogP contribution in [0.2, 0.25) is 0 Å². The molecule has 4 rings (SSSR count). The van der Waals surface area contributed by atoms with Crippen molar-refractivity contribution in [3.8, 4) is 0 Å². The quantitative estimate of drug-likeness (QED) is 0.522. The predicted octanol–water partition coefficient (Wildman–Crippen LogP) is 1.65. The van der Waals surface area contributed by atoms with Gasteiger partial charge >= 0.3 is 0 Å². The second kappa shape index (κ2) is 5.04. The van der Waals surface area contributed by atoms with E-state index in [1.165, 1.54) is 6.42 Å². The highest BCUT2D eigenvalue weighted by Crippen LogP contribution is 2.51. The summed E-state index contributed by atoms with van der Waals surface area (Å²) in [6.07, 6.45) is 5.89. The number of rotatable bonds is 3. The summed E-state index contributed by atoms with van der Waals surface area (Å²) in [7, 11) is -3.20. The van der Waals surface area contributed by atoms with E-state index in [1.807, 2.05) is 4.31 Å². The zero-order valence-electron chi connectivity index (χ0n) is 11.3. The molecule has 0 spiro atoms. The first-order valence-corrected chi connectivity index (χ1v) is 10.5. The Morgan fingerprint density at radius 2 is 2.00 bits per heavy atom. The lowest BCUT2D eigenvalue weighted by molar-refractivity contribution is 0.00865. The Labute approximate surface area is 133 Å². The second-order valence-corrected chi connectivity index (χ2v) is 8.99. The van der Waals surface area contributed by atoms with Crippen molar-refractivity contribution in [1.82, 2.24) is 4.31 Å². The fraction of sp³-hybridized carbons (Fsp3) is 1.00. The molecular formula is C13H20INO4S. The minimum absolute atomic E-state index is 0.0202. The van der Waals surface area contributed by atoms with Gasteiger partial charge in [-0.25, -0.2) is 8.42 Å². The van der Waals surface area contributed by atoms with Crippen LogP contribution < -0.4 is 0 Å². The molecule has 4 fully saturated rings. The van der Waals surface area contributed by atoms with Crippen LogP contribution in [0.5, 0.6) is 0 Å². The summed E-state index contributed by atoms with van der Waals surface area (Å²) < 4.78 is 39.9. The van der Waals surface area contributed by atoms with Gasteiger partial charge in [-0.3, -0.25) is 0 Å². The molecule has 0 aromatic carbocycles. The highest BCUT2D eigenvalue weighted by atomic mass is 127. The molecule has 3 aliphatic heterocycles. The predicted molar refractivity (Wildman–Crippen MR) is 82.2 cm³/mol. The first kappa shape index (κ1) is 14.2. The lowest BCUT2D eigenvalue weighted by Gasteiger charge is -2.35. The Morgan fingerprint density at radius 3 is 2.70 bits per heavy atom. The van der Waals surface area contributed by atoms with Crippen LogP contribution >= 0.6 is 22.6 Å². The van der Waals surface area contributed by atoms with E-state index in [9.17, 15) is 8.42 Å². The van der Waals surface area contributed by atoms with Crippen LogP contribution in [-0.2, 0) is 19.5 Å². The van der Waals surface area contributed by atoms with Gasteiger partial charge in [0.15, 0.2) is 0 Å². The minimum Gasteiger partial charge on any atom is -0.369 e. The first-order valence-electron chi connectivity index (χ1n) is 7.50. The molecular weight excluding hydrogens is 393 g/mol. The van der Waals surface area contributed by atoms with Crippen LogP contribution in [-0.4, -0.2) is 53.0 Å². The van der Waals surface area contributed by atoms with Crippen LogP contribution in [0.1, 0.15) is 38.5 Å². The minimum atomic E-state index is -3.20. The van der Waals surface area contributed by atoms with E-state index < -0.39 is 10.0 Å². The summed E-state index contributed by atoms with van der Waals surface area (Å²) in [6, 6.07) is 0.105. The molecule has 2 bridgehead atoms. The molecule has 5 atom stereocenters. The zero-order chi connectivity index (χ0) is 13.9. The first-order chi connectivity index (χ1) is 9.64. The van der Waals surface area contributed by atoms with Gasteiger partial charge in [0.1, 0.15) is 11.4 Å². The normalized spacial score (nSPS) is 47.1. The van der Waals surface area contributed by atoms with Gasteiger partial charge in [0.25, 0.3) is 0 Å². The summed E-state index contributed by atoms with van der Waals surface area (Å²) >= 11 is 2.18. The standard InChI is InChI=1S/C13H20INO4S/c14-7-18-12-9-6-10-13(19-9)11(12)15(20(10,16)17)8-4-2-1-3-5-8/h8-13H,1-7H2. The topological polar surface area (TPSA) is 55.8 Å². The van der Waals surface area contributed by atoms with Gasteiger partial charge in [0.2, 0.25) is 10.0 Å². The van der Waals surface area contributed by atoms with Crippen LogP contribution in [0, 0.1) is 0 Å². The largest absolute Gasteiger partial charge is 0.369 e. The van der Waals surface area contributed by atoms with Crippen LogP contribution in [0.3, 0.4) is 0 Å². The lowest BCUT2D eigenvalue weighted by atomic mass is 9.89. The van der Waals surface area contributed by atoms with Gasteiger partial charge in [-0.05, 0) is 19.3 Å². The van der Waals surface area contributed by atoms with E-state index in [1.54, 1.807) is 0 Å².